The monoisotopic (exact) mass is 284 g/mol. The summed E-state index contributed by atoms with van der Waals surface area (Å²) in [6, 6.07) is 2.40. The van der Waals surface area contributed by atoms with E-state index in [9.17, 15) is 0 Å². The first-order valence-electron chi connectivity index (χ1n) is 5.64. The summed E-state index contributed by atoms with van der Waals surface area (Å²) >= 11 is 3.56. The van der Waals surface area contributed by atoms with Crippen LogP contribution in [0.3, 0.4) is 0 Å². The Kier molecular flexibility index (Phi) is 3.82. The molecule has 3 nitrogen and oxygen atoms in total. The summed E-state index contributed by atoms with van der Waals surface area (Å²) in [6.07, 6.45) is 2.97. The molecule has 1 aliphatic rings. The number of aromatic nitrogens is 1. The molecule has 2 atom stereocenters. The fraction of sp³-hybridized carbons (Fsp3) is 0.583. The number of hydrogen-bond acceptors (Lipinski definition) is 3. The lowest BCUT2D eigenvalue weighted by atomic mass is 10.0. The molecule has 1 N–H and O–H groups in total. The fourth-order valence-electron chi connectivity index (χ4n) is 1.92. The Morgan fingerprint density at radius 2 is 2.44 bits per heavy atom. The first-order valence-corrected chi connectivity index (χ1v) is 6.43. The van der Waals surface area contributed by atoms with Gasteiger partial charge in [0.1, 0.15) is 5.82 Å². The quantitative estimate of drug-likeness (QED) is 0.927. The number of halogens is 1. The van der Waals surface area contributed by atoms with Gasteiger partial charge in [0, 0.05) is 24.8 Å². The van der Waals surface area contributed by atoms with Gasteiger partial charge < -0.3 is 10.1 Å². The van der Waals surface area contributed by atoms with Gasteiger partial charge in [-0.3, -0.25) is 0 Å². The summed E-state index contributed by atoms with van der Waals surface area (Å²) < 4.78 is 6.45. The van der Waals surface area contributed by atoms with Crippen LogP contribution in [0.15, 0.2) is 16.7 Å². The summed E-state index contributed by atoms with van der Waals surface area (Å²) in [6.45, 7) is 6.01. The van der Waals surface area contributed by atoms with Crippen LogP contribution in [0.25, 0.3) is 0 Å². The lowest BCUT2D eigenvalue weighted by Gasteiger charge is -2.20. The van der Waals surface area contributed by atoms with Crippen LogP contribution in [0, 0.1) is 12.8 Å². The van der Waals surface area contributed by atoms with Crippen LogP contribution in [-0.2, 0) is 4.74 Å². The Labute approximate surface area is 105 Å². The van der Waals surface area contributed by atoms with Gasteiger partial charge in [-0.05, 0) is 47.8 Å². The summed E-state index contributed by atoms with van der Waals surface area (Å²) in [7, 11) is 0. The molecule has 16 heavy (non-hydrogen) atoms. The molecular formula is C12H17BrN2O. The molecule has 0 amide bonds. The van der Waals surface area contributed by atoms with E-state index in [1.54, 1.807) is 0 Å². The van der Waals surface area contributed by atoms with Crippen LogP contribution < -0.4 is 5.32 Å². The van der Waals surface area contributed by atoms with Crippen molar-refractivity contribution in [1.82, 2.24) is 4.98 Å². The molecule has 1 fully saturated rings. The Morgan fingerprint density at radius 3 is 3.12 bits per heavy atom. The van der Waals surface area contributed by atoms with Gasteiger partial charge in [0.2, 0.25) is 0 Å². The second-order valence-electron chi connectivity index (χ2n) is 4.35. The normalized spacial score (nSPS) is 22.1. The lowest BCUT2D eigenvalue weighted by molar-refractivity contribution is 0.183. The van der Waals surface area contributed by atoms with Crippen molar-refractivity contribution in [3.05, 3.63) is 22.3 Å². The minimum Gasteiger partial charge on any atom is -0.381 e. The molecule has 2 unspecified atom stereocenters. The molecule has 0 aromatic carbocycles. The third-order valence-corrected chi connectivity index (χ3v) is 4.12. The molecule has 0 saturated carbocycles. The highest BCUT2D eigenvalue weighted by Gasteiger charge is 2.22. The van der Waals surface area contributed by atoms with E-state index in [1.807, 2.05) is 12.3 Å². The molecule has 0 radical (unpaired) electrons. The first kappa shape index (κ1) is 11.9. The van der Waals surface area contributed by atoms with Crippen LogP contribution in [0.2, 0.25) is 0 Å². The Hall–Kier alpha value is -0.610. The highest BCUT2D eigenvalue weighted by molar-refractivity contribution is 9.10. The number of nitrogens with one attached hydrogen (secondary N) is 1. The first-order chi connectivity index (χ1) is 7.68. The van der Waals surface area contributed by atoms with Gasteiger partial charge in [-0.15, -0.1) is 0 Å². The molecule has 2 heterocycles. The summed E-state index contributed by atoms with van der Waals surface area (Å²) in [5.41, 5.74) is 1.20. The Bertz CT molecular complexity index is 364. The number of rotatable bonds is 3. The molecule has 1 aliphatic heterocycles. The zero-order valence-electron chi connectivity index (χ0n) is 9.66. The molecule has 1 saturated heterocycles. The van der Waals surface area contributed by atoms with E-state index in [0.717, 1.165) is 29.9 Å². The highest BCUT2D eigenvalue weighted by atomic mass is 79.9. The second kappa shape index (κ2) is 5.15. The smallest absolute Gasteiger partial charge is 0.140 e. The minimum atomic E-state index is 0.396. The van der Waals surface area contributed by atoms with Crippen LogP contribution in [0.5, 0.6) is 0 Å². The summed E-state index contributed by atoms with van der Waals surface area (Å²) in [4.78, 5) is 4.35. The third-order valence-electron chi connectivity index (χ3n) is 3.12. The molecule has 4 heteroatoms. The Balaban J connectivity index is 2.05. The van der Waals surface area contributed by atoms with Gasteiger partial charge in [0.25, 0.3) is 0 Å². The minimum absolute atomic E-state index is 0.396. The predicted molar refractivity (Wildman–Crippen MR) is 68.7 cm³/mol. The van der Waals surface area contributed by atoms with Gasteiger partial charge in [-0.1, -0.05) is 0 Å². The third kappa shape index (κ3) is 2.55. The molecule has 1 aromatic rings. The van der Waals surface area contributed by atoms with Crippen LogP contribution in [0.4, 0.5) is 5.82 Å². The predicted octanol–water partition coefficient (Wildman–Crippen LogP) is 2.99. The Morgan fingerprint density at radius 1 is 1.62 bits per heavy atom. The van der Waals surface area contributed by atoms with Crippen molar-refractivity contribution in [2.24, 2.45) is 5.92 Å². The standard InChI is InChI=1S/C12H17BrN2O/c1-8-3-5-14-12(11(8)13)15-9(2)10-4-6-16-7-10/h3,5,9-10H,4,6-7H2,1-2H3,(H,14,15). The second-order valence-corrected chi connectivity index (χ2v) is 5.14. The summed E-state index contributed by atoms with van der Waals surface area (Å²) in [5, 5.41) is 3.45. The van der Waals surface area contributed by atoms with Crippen molar-refractivity contribution < 1.29 is 4.74 Å². The van der Waals surface area contributed by atoms with E-state index in [1.165, 1.54) is 5.56 Å². The highest BCUT2D eigenvalue weighted by Crippen LogP contribution is 2.26. The SMILES string of the molecule is Cc1ccnc(NC(C)C2CCOC2)c1Br. The molecule has 0 spiro atoms. The number of nitrogens with zero attached hydrogens (tertiary/aromatic N) is 1. The van der Waals surface area contributed by atoms with Crippen molar-refractivity contribution in [2.45, 2.75) is 26.3 Å². The number of ether oxygens (including phenoxy) is 1. The molecule has 2 rings (SSSR count). The lowest BCUT2D eigenvalue weighted by Crippen LogP contribution is -2.26. The number of hydrogen-bond donors (Lipinski definition) is 1. The van der Waals surface area contributed by atoms with Gasteiger partial charge in [0.15, 0.2) is 0 Å². The van der Waals surface area contributed by atoms with Crippen LogP contribution >= 0.6 is 15.9 Å². The molecule has 1 aromatic heterocycles. The number of anilines is 1. The van der Waals surface area contributed by atoms with E-state index in [2.05, 4.69) is 40.1 Å². The van der Waals surface area contributed by atoms with E-state index in [4.69, 9.17) is 4.74 Å². The maximum absolute atomic E-state index is 5.40. The van der Waals surface area contributed by atoms with Crippen LogP contribution in [-0.4, -0.2) is 24.2 Å². The van der Waals surface area contributed by atoms with Gasteiger partial charge in [-0.25, -0.2) is 4.98 Å². The summed E-state index contributed by atoms with van der Waals surface area (Å²) in [5.74, 6) is 1.52. The zero-order valence-corrected chi connectivity index (χ0v) is 11.3. The maximum atomic E-state index is 5.40. The van der Waals surface area contributed by atoms with Crippen LogP contribution in [0.1, 0.15) is 18.9 Å². The zero-order chi connectivity index (χ0) is 11.5. The average molecular weight is 285 g/mol. The maximum Gasteiger partial charge on any atom is 0.140 e. The van der Waals surface area contributed by atoms with Gasteiger partial charge in [0.05, 0.1) is 11.1 Å². The number of aryl methyl sites for hydroxylation is 1. The largest absolute Gasteiger partial charge is 0.381 e. The average Bonchev–Trinajstić information content (AvgIpc) is 2.78. The van der Waals surface area contributed by atoms with Crippen molar-refractivity contribution in [1.29, 1.82) is 0 Å². The van der Waals surface area contributed by atoms with Crippen molar-refractivity contribution in [3.63, 3.8) is 0 Å². The molecular weight excluding hydrogens is 268 g/mol. The molecule has 0 bridgehead atoms. The van der Waals surface area contributed by atoms with E-state index >= 15 is 0 Å². The molecule has 88 valence electrons. The van der Waals surface area contributed by atoms with Crippen molar-refractivity contribution in [3.8, 4) is 0 Å². The van der Waals surface area contributed by atoms with E-state index < -0.39 is 0 Å². The van der Waals surface area contributed by atoms with Gasteiger partial charge in [-0.2, -0.15) is 0 Å². The van der Waals surface area contributed by atoms with Crippen molar-refractivity contribution in [2.75, 3.05) is 18.5 Å². The van der Waals surface area contributed by atoms with E-state index in [-0.39, 0.29) is 0 Å². The van der Waals surface area contributed by atoms with Gasteiger partial charge >= 0.3 is 0 Å². The number of pyridine rings is 1. The topological polar surface area (TPSA) is 34.2 Å². The van der Waals surface area contributed by atoms with Crippen molar-refractivity contribution >= 4 is 21.7 Å². The van der Waals surface area contributed by atoms with E-state index in [0.29, 0.717) is 12.0 Å². The molecule has 0 aliphatic carbocycles. The fourth-order valence-corrected chi connectivity index (χ4v) is 2.27.